The predicted molar refractivity (Wildman–Crippen MR) is 47.2 cm³/mol. The number of hydrogen-bond acceptors (Lipinski definition) is 3. The topological polar surface area (TPSA) is 43.1 Å². The van der Waals surface area contributed by atoms with Crippen molar-refractivity contribution in [2.45, 2.75) is 0 Å². The molecule has 0 unspecified atom stereocenters. The highest BCUT2D eigenvalue weighted by atomic mass is 19.1. The third-order valence-corrected chi connectivity index (χ3v) is 1.91. The number of hydrogen-bond donors (Lipinski definition) is 0. The zero-order valence-electron chi connectivity index (χ0n) is 7.41. The second-order valence-corrected chi connectivity index (χ2v) is 2.82. The van der Waals surface area contributed by atoms with Crippen molar-refractivity contribution in [1.82, 2.24) is 5.16 Å². The number of rotatable bonds is 2. The normalized spacial score (nSPS) is 10.3. The first-order chi connectivity index (χ1) is 7.24. The van der Waals surface area contributed by atoms with Crippen molar-refractivity contribution in [2.75, 3.05) is 0 Å². The largest absolute Gasteiger partial charge is 0.355 e. The van der Waals surface area contributed by atoms with Gasteiger partial charge >= 0.3 is 0 Å². The highest BCUT2D eigenvalue weighted by Crippen LogP contribution is 2.27. The minimum atomic E-state index is -0.796. The molecule has 2 aromatic rings. The van der Waals surface area contributed by atoms with Crippen LogP contribution in [0.15, 0.2) is 28.9 Å². The molecule has 0 saturated heterocycles. The second-order valence-electron chi connectivity index (χ2n) is 2.82. The fraction of sp³-hybridized carbons (Fsp3) is 0. The van der Waals surface area contributed by atoms with E-state index in [0.29, 0.717) is 6.29 Å². The van der Waals surface area contributed by atoms with E-state index in [1.54, 1.807) is 0 Å². The summed E-state index contributed by atoms with van der Waals surface area (Å²) in [4.78, 5) is 10.5. The van der Waals surface area contributed by atoms with Gasteiger partial charge in [0.05, 0.1) is 17.3 Å². The van der Waals surface area contributed by atoms with E-state index < -0.39 is 11.6 Å². The number of aromatic nitrogens is 1. The quantitative estimate of drug-likeness (QED) is 0.713. The van der Waals surface area contributed by atoms with Crippen molar-refractivity contribution in [2.24, 2.45) is 0 Å². The molecule has 0 aliphatic heterocycles. The molecular weight excluding hydrogens is 204 g/mol. The first kappa shape index (κ1) is 9.51. The monoisotopic (exact) mass is 209 g/mol. The lowest BCUT2D eigenvalue weighted by atomic mass is 10.1. The summed E-state index contributed by atoms with van der Waals surface area (Å²) in [5.41, 5.74) is -0.365. The molecule has 0 amide bonds. The fourth-order valence-electron chi connectivity index (χ4n) is 1.24. The van der Waals surface area contributed by atoms with Gasteiger partial charge in [-0.15, -0.1) is 0 Å². The Hall–Kier alpha value is -2.04. The average Bonchev–Trinajstić information content (AvgIpc) is 2.65. The molecule has 0 N–H and O–H groups in total. The van der Waals surface area contributed by atoms with Crippen molar-refractivity contribution in [3.05, 3.63) is 41.6 Å². The summed E-state index contributed by atoms with van der Waals surface area (Å²) in [6, 6.07) is 3.39. The Morgan fingerprint density at radius 3 is 2.53 bits per heavy atom. The molecule has 2 rings (SSSR count). The number of carbonyl (C=O) groups is 1. The van der Waals surface area contributed by atoms with Crippen molar-refractivity contribution >= 4 is 6.29 Å². The zero-order valence-corrected chi connectivity index (χ0v) is 7.41. The summed E-state index contributed by atoms with van der Waals surface area (Å²) < 4.78 is 31.2. The fourth-order valence-corrected chi connectivity index (χ4v) is 1.24. The average molecular weight is 209 g/mol. The van der Waals surface area contributed by atoms with Crippen molar-refractivity contribution < 1.29 is 18.1 Å². The summed E-state index contributed by atoms with van der Waals surface area (Å²) in [5, 5.41) is 3.31. The van der Waals surface area contributed by atoms with Crippen LogP contribution in [0.2, 0.25) is 0 Å². The molecule has 0 radical (unpaired) electrons. The summed E-state index contributed by atoms with van der Waals surface area (Å²) in [5.74, 6) is -1.79. The molecule has 3 nitrogen and oxygen atoms in total. The van der Waals surface area contributed by atoms with Gasteiger partial charge in [0.2, 0.25) is 0 Å². The van der Waals surface area contributed by atoms with E-state index >= 15 is 0 Å². The standard InChI is InChI=1S/C10H5F2NO2/c11-7-2-1-3-8(12)9(7)10-6(5-14)4-13-15-10/h1-5H. The van der Waals surface area contributed by atoms with Gasteiger partial charge in [-0.3, -0.25) is 4.79 Å². The highest BCUT2D eigenvalue weighted by molar-refractivity contribution is 5.84. The van der Waals surface area contributed by atoms with Crippen LogP contribution in [0.1, 0.15) is 10.4 Å². The maximum Gasteiger partial charge on any atom is 0.183 e. The van der Waals surface area contributed by atoms with Crippen LogP contribution in [0.5, 0.6) is 0 Å². The lowest BCUT2D eigenvalue weighted by Gasteiger charge is -2.00. The number of benzene rings is 1. The van der Waals surface area contributed by atoms with Crippen LogP contribution >= 0.6 is 0 Å². The Morgan fingerprint density at radius 1 is 1.27 bits per heavy atom. The van der Waals surface area contributed by atoms with Gasteiger partial charge in [-0.1, -0.05) is 11.2 Å². The van der Waals surface area contributed by atoms with Crippen LogP contribution in [0.4, 0.5) is 8.78 Å². The molecule has 0 aliphatic rings. The van der Waals surface area contributed by atoms with Gasteiger partial charge in [0.1, 0.15) is 11.6 Å². The molecule has 1 aromatic carbocycles. The molecule has 0 atom stereocenters. The van der Waals surface area contributed by atoms with E-state index in [2.05, 4.69) is 9.68 Å². The van der Waals surface area contributed by atoms with Gasteiger partial charge in [-0.25, -0.2) is 8.78 Å². The molecule has 0 spiro atoms. The summed E-state index contributed by atoms with van der Waals surface area (Å²) in [6.45, 7) is 0. The van der Waals surface area contributed by atoms with Crippen LogP contribution < -0.4 is 0 Å². The zero-order chi connectivity index (χ0) is 10.8. The van der Waals surface area contributed by atoms with Crippen LogP contribution in [0.3, 0.4) is 0 Å². The molecule has 1 heterocycles. The van der Waals surface area contributed by atoms with Crippen molar-refractivity contribution in [3.8, 4) is 11.3 Å². The van der Waals surface area contributed by atoms with E-state index in [-0.39, 0.29) is 16.9 Å². The van der Waals surface area contributed by atoms with Crippen LogP contribution in [0, 0.1) is 11.6 Å². The lowest BCUT2D eigenvalue weighted by Crippen LogP contribution is -1.90. The van der Waals surface area contributed by atoms with E-state index in [1.165, 1.54) is 6.07 Å². The molecule has 5 heteroatoms. The van der Waals surface area contributed by atoms with E-state index in [4.69, 9.17) is 0 Å². The summed E-state index contributed by atoms with van der Waals surface area (Å²) in [6.07, 6.45) is 1.53. The Bertz CT molecular complexity index is 488. The minimum Gasteiger partial charge on any atom is -0.355 e. The highest BCUT2D eigenvalue weighted by Gasteiger charge is 2.18. The van der Waals surface area contributed by atoms with Gasteiger partial charge < -0.3 is 4.52 Å². The number of carbonyl (C=O) groups excluding carboxylic acids is 1. The van der Waals surface area contributed by atoms with E-state index in [9.17, 15) is 13.6 Å². The predicted octanol–water partition coefficient (Wildman–Crippen LogP) is 2.43. The van der Waals surface area contributed by atoms with E-state index in [1.807, 2.05) is 0 Å². The van der Waals surface area contributed by atoms with Gasteiger partial charge in [-0.2, -0.15) is 0 Å². The Labute approximate surface area is 83.3 Å². The second kappa shape index (κ2) is 3.61. The minimum absolute atomic E-state index is 0.0130. The van der Waals surface area contributed by atoms with Crippen LogP contribution in [-0.2, 0) is 0 Å². The number of nitrogens with zero attached hydrogens (tertiary/aromatic N) is 1. The maximum atomic E-state index is 13.3. The molecule has 0 bridgehead atoms. The molecule has 0 aliphatic carbocycles. The number of aldehydes is 1. The van der Waals surface area contributed by atoms with Gasteiger partial charge in [0, 0.05) is 0 Å². The third kappa shape index (κ3) is 1.52. The smallest absolute Gasteiger partial charge is 0.183 e. The van der Waals surface area contributed by atoms with E-state index in [0.717, 1.165) is 18.3 Å². The molecule has 15 heavy (non-hydrogen) atoms. The Morgan fingerprint density at radius 2 is 1.93 bits per heavy atom. The Kier molecular flexibility index (Phi) is 2.29. The lowest BCUT2D eigenvalue weighted by molar-refractivity contribution is 0.112. The Balaban J connectivity index is 2.68. The summed E-state index contributed by atoms with van der Waals surface area (Å²) in [7, 11) is 0. The first-order valence-electron chi connectivity index (χ1n) is 4.08. The van der Waals surface area contributed by atoms with Crippen LogP contribution in [-0.4, -0.2) is 11.4 Å². The molecule has 0 saturated carbocycles. The maximum absolute atomic E-state index is 13.3. The number of halogens is 2. The van der Waals surface area contributed by atoms with Gasteiger partial charge in [0.15, 0.2) is 12.0 Å². The van der Waals surface area contributed by atoms with Crippen molar-refractivity contribution in [3.63, 3.8) is 0 Å². The van der Waals surface area contributed by atoms with Gasteiger partial charge in [0.25, 0.3) is 0 Å². The molecule has 0 fully saturated rings. The first-order valence-corrected chi connectivity index (χ1v) is 4.08. The third-order valence-electron chi connectivity index (χ3n) is 1.91. The molecule has 1 aromatic heterocycles. The molecular formula is C10H5F2NO2. The van der Waals surface area contributed by atoms with Crippen LogP contribution in [0.25, 0.3) is 11.3 Å². The SMILES string of the molecule is O=Cc1cnoc1-c1c(F)cccc1F. The van der Waals surface area contributed by atoms with Gasteiger partial charge in [-0.05, 0) is 12.1 Å². The molecule has 76 valence electrons. The summed E-state index contributed by atoms with van der Waals surface area (Å²) >= 11 is 0. The van der Waals surface area contributed by atoms with Crippen molar-refractivity contribution in [1.29, 1.82) is 0 Å².